The van der Waals surface area contributed by atoms with Gasteiger partial charge in [-0.05, 0) is 188 Å². The van der Waals surface area contributed by atoms with Crippen LogP contribution in [0.4, 0.5) is 0 Å². The van der Waals surface area contributed by atoms with Crippen LogP contribution in [0.15, 0.2) is 0 Å². The number of hydrogen-bond donors (Lipinski definition) is 0. The largest absolute Gasteiger partial charge is 0.463 e. The molecule has 0 atom stereocenters. The SMILES string of the molecule is CCC(C)(C)C(=O)OCC(=O)OCC(=O)OC1(CC)C2CC3CC(C2)CC1C3.CCC(C)(C)C(=O)OCCOCC(=O)OC1(C)CCCCC1.CCC1(OC(=O)COCCOC(=O)C(C)(C)CC)CCCCC1. The van der Waals surface area contributed by atoms with Gasteiger partial charge in [-0.25, -0.2) is 19.2 Å². The molecule has 0 radical (unpaired) electrons. The molecule has 0 saturated heterocycles. The average Bonchev–Trinajstić information content (AvgIpc) is 3.36. The minimum absolute atomic E-state index is 0.0868. The summed E-state index contributed by atoms with van der Waals surface area (Å²) in [7, 11) is 0. The highest BCUT2D eigenvalue weighted by atomic mass is 16.6. The summed E-state index contributed by atoms with van der Waals surface area (Å²) in [5.74, 6) is -0.366. The third kappa shape index (κ3) is 20.0. The summed E-state index contributed by atoms with van der Waals surface area (Å²) in [4.78, 5) is 83.4. The van der Waals surface area contributed by atoms with Crippen LogP contribution in [0.2, 0.25) is 0 Å². The highest BCUT2D eigenvalue weighted by Gasteiger charge is 2.58. The Morgan fingerprint density at radius 1 is 0.425 bits per heavy atom. The van der Waals surface area contributed by atoms with Crippen molar-refractivity contribution < 1.29 is 76.2 Å². The van der Waals surface area contributed by atoms with E-state index in [1.54, 1.807) is 13.8 Å². The number of carbonyl (C=O) groups excluding carboxylic acids is 7. The fraction of sp³-hybridized carbons (Fsp3) is 0.877. The van der Waals surface area contributed by atoms with Gasteiger partial charge in [0.25, 0.3) is 0 Å². The minimum atomic E-state index is -0.729. The predicted molar refractivity (Wildman–Crippen MR) is 274 cm³/mol. The Morgan fingerprint density at radius 2 is 0.822 bits per heavy atom. The zero-order chi connectivity index (χ0) is 54.5. The molecule has 0 unspecified atom stereocenters. The van der Waals surface area contributed by atoms with E-state index in [1.165, 1.54) is 19.3 Å². The van der Waals surface area contributed by atoms with Gasteiger partial charge >= 0.3 is 41.8 Å². The van der Waals surface area contributed by atoms with E-state index in [0.717, 1.165) is 115 Å². The maximum Gasteiger partial charge on any atom is 0.344 e. The second-order valence-electron chi connectivity index (χ2n) is 23.5. The van der Waals surface area contributed by atoms with E-state index >= 15 is 0 Å². The number of carbonyl (C=O) groups is 7. The maximum atomic E-state index is 12.4. The van der Waals surface area contributed by atoms with Crippen LogP contribution in [-0.2, 0) is 76.2 Å². The monoisotopic (exact) mass is 1040 g/mol. The molecule has 6 rings (SSSR count). The normalized spacial score (nSPS) is 23.7. The predicted octanol–water partition coefficient (Wildman–Crippen LogP) is 10.5. The zero-order valence-electron chi connectivity index (χ0n) is 47.1. The summed E-state index contributed by atoms with van der Waals surface area (Å²) < 4.78 is 47.9. The fourth-order valence-corrected chi connectivity index (χ4v) is 10.8. The smallest absolute Gasteiger partial charge is 0.344 e. The number of rotatable bonds is 25. The molecule has 0 spiro atoms. The first kappa shape index (κ1) is 63.5. The third-order valence-corrected chi connectivity index (χ3v) is 16.7. The van der Waals surface area contributed by atoms with Gasteiger partial charge < -0.3 is 42.6 Å². The Labute approximate surface area is 437 Å². The molecule has 0 aromatic carbocycles. The van der Waals surface area contributed by atoms with Gasteiger partial charge in [-0.1, -0.05) is 47.5 Å². The second kappa shape index (κ2) is 29.5. The van der Waals surface area contributed by atoms with Crippen molar-refractivity contribution in [3.05, 3.63) is 0 Å². The molecule has 6 aliphatic carbocycles. The summed E-state index contributed by atoms with van der Waals surface area (Å²) in [6.45, 7) is 22.5. The van der Waals surface area contributed by atoms with Crippen molar-refractivity contribution in [2.24, 2.45) is 39.9 Å². The van der Waals surface area contributed by atoms with Gasteiger partial charge in [-0.3, -0.25) is 14.4 Å². The fourth-order valence-electron chi connectivity index (χ4n) is 10.8. The molecule has 0 heterocycles. The molecule has 0 amide bonds. The first-order chi connectivity index (χ1) is 34.3. The van der Waals surface area contributed by atoms with Crippen LogP contribution in [0.25, 0.3) is 0 Å². The van der Waals surface area contributed by atoms with Gasteiger partial charge in [0, 0.05) is 0 Å². The van der Waals surface area contributed by atoms with Gasteiger partial charge in [-0.2, -0.15) is 0 Å². The highest BCUT2D eigenvalue weighted by molar-refractivity contribution is 5.81. The van der Waals surface area contributed by atoms with E-state index < -0.39 is 53.0 Å². The summed E-state index contributed by atoms with van der Waals surface area (Å²) in [6.07, 6.45) is 20.2. The van der Waals surface area contributed by atoms with Crippen molar-refractivity contribution in [3.63, 3.8) is 0 Å². The van der Waals surface area contributed by atoms with Crippen molar-refractivity contribution in [1.82, 2.24) is 0 Å². The molecule has 0 aromatic rings. The van der Waals surface area contributed by atoms with Crippen LogP contribution < -0.4 is 0 Å². The lowest BCUT2D eigenvalue weighted by Crippen LogP contribution is -2.59. The molecule has 0 aromatic heterocycles. The Bertz CT molecular complexity index is 1740. The molecule has 0 N–H and O–H groups in total. The van der Waals surface area contributed by atoms with Crippen LogP contribution in [0.5, 0.6) is 0 Å². The van der Waals surface area contributed by atoms with E-state index in [9.17, 15) is 33.6 Å². The Balaban J connectivity index is 0.000000292. The van der Waals surface area contributed by atoms with E-state index in [1.807, 2.05) is 55.4 Å². The first-order valence-electron chi connectivity index (χ1n) is 27.8. The standard InChI is InChI=1S/C22H34O6.C18H32O5.C17H30O5/c1-5-21(3,4)20(25)27-12-18(23)26-13-19(24)28-22(6-2)16-8-14-7-15(10-16)11-17(22)9-14;1-5-17(3,4)16(20)22-13-12-21-14-15(19)23-18(6-2)10-8-7-9-11-18;1-5-16(2,3)15(19)21-12-11-20-13-14(18)22-17(4)9-7-6-8-10-17/h14-17H,5-13H2,1-4H3;5-14H2,1-4H3;5-13H2,1-4H3. The van der Waals surface area contributed by atoms with E-state index in [2.05, 4.69) is 13.8 Å². The number of hydrogen-bond acceptors (Lipinski definition) is 16. The van der Waals surface area contributed by atoms with Crippen molar-refractivity contribution >= 4 is 41.8 Å². The molecule has 16 nitrogen and oxygen atoms in total. The molecule has 73 heavy (non-hydrogen) atoms. The molecule has 6 fully saturated rings. The van der Waals surface area contributed by atoms with Gasteiger partial charge in [-0.15, -0.1) is 0 Å². The lowest BCUT2D eigenvalue weighted by molar-refractivity contribution is -0.214. The maximum absolute atomic E-state index is 12.4. The lowest BCUT2D eigenvalue weighted by Gasteiger charge is -2.60. The summed E-state index contributed by atoms with van der Waals surface area (Å²) in [5, 5.41) is 0. The van der Waals surface area contributed by atoms with Crippen LogP contribution in [0.3, 0.4) is 0 Å². The van der Waals surface area contributed by atoms with Crippen molar-refractivity contribution in [3.8, 4) is 0 Å². The van der Waals surface area contributed by atoms with Crippen LogP contribution in [0.1, 0.15) is 212 Å². The van der Waals surface area contributed by atoms with Gasteiger partial charge in [0.2, 0.25) is 0 Å². The molecule has 0 aliphatic heterocycles. The topological polar surface area (TPSA) is 203 Å². The Morgan fingerprint density at radius 3 is 1.25 bits per heavy atom. The molecule has 6 aliphatic rings. The zero-order valence-corrected chi connectivity index (χ0v) is 47.1. The first-order valence-corrected chi connectivity index (χ1v) is 27.8. The van der Waals surface area contributed by atoms with Gasteiger partial charge in [0.1, 0.15) is 43.2 Å². The second-order valence-corrected chi connectivity index (χ2v) is 23.5. The van der Waals surface area contributed by atoms with Crippen LogP contribution in [-0.4, -0.2) is 111 Å². The van der Waals surface area contributed by atoms with E-state index in [-0.39, 0.29) is 74.7 Å². The quantitative estimate of drug-likeness (QED) is 0.0474. The summed E-state index contributed by atoms with van der Waals surface area (Å²) in [6, 6.07) is 0. The third-order valence-electron chi connectivity index (χ3n) is 16.7. The average molecular weight is 1040 g/mol. The van der Waals surface area contributed by atoms with Gasteiger partial charge in [0.15, 0.2) is 13.2 Å². The van der Waals surface area contributed by atoms with Crippen LogP contribution in [0, 0.1) is 39.9 Å². The minimum Gasteiger partial charge on any atom is -0.463 e. The van der Waals surface area contributed by atoms with Crippen molar-refractivity contribution in [2.75, 3.05) is 52.9 Å². The van der Waals surface area contributed by atoms with Crippen molar-refractivity contribution in [1.29, 1.82) is 0 Å². The Kier molecular flexibility index (Phi) is 25.7. The van der Waals surface area contributed by atoms with Crippen molar-refractivity contribution in [2.45, 2.75) is 228 Å². The molecule has 420 valence electrons. The van der Waals surface area contributed by atoms with Gasteiger partial charge in [0.05, 0.1) is 29.5 Å². The molecular weight excluding hydrogens is 941 g/mol. The summed E-state index contributed by atoms with van der Waals surface area (Å²) >= 11 is 0. The Hall–Kier alpha value is -3.79. The molecule has 4 bridgehead atoms. The molecule has 16 heteroatoms. The van der Waals surface area contributed by atoms with Crippen LogP contribution >= 0.6 is 0 Å². The summed E-state index contributed by atoms with van der Waals surface area (Å²) in [5.41, 5.74) is -2.63. The number of ether oxygens (including phenoxy) is 9. The lowest BCUT2D eigenvalue weighted by atomic mass is 9.49. The van der Waals surface area contributed by atoms with E-state index in [4.69, 9.17) is 42.6 Å². The molecular formula is C57H96O16. The number of esters is 7. The molecule has 6 saturated carbocycles. The highest BCUT2D eigenvalue weighted by Crippen LogP contribution is 2.60. The van der Waals surface area contributed by atoms with E-state index in [0.29, 0.717) is 18.3 Å².